The summed E-state index contributed by atoms with van der Waals surface area (Å²) >= 11 is 0. The van der Waals surface area contributed by atoms with Crippen molar-refractivity contribution in [2.24, 2.45) is 0 Å². The highest BCUT2D eigenvalue weighted by Gasteiger charge is 2.21. The van der Waals surface area contributed by atoms with Gasteiger partial charge in [-0.25, -0.2) is 4.79 Å². The van der Waals surface area contributed by atoms with Gasteiger partial charge in [0.1, 0.15) is 5.75 Å². The highest BCUT2D eigenvalue weighted by Crippen LogP contribution is 2.39. The zero-order valence-corrected chi connectivity index (χ0v) is 10.8. The highest BCUT2D eigenvalue weighted by atomic mass is 16.7. The number of rotatable bonds is 3. The predicted octanol–water partition coefficient (Wildman–Crippen LogP) is 2.79. The highest BCUT2D eigenvalue weighted by molar-refractivity contribution is 5.97. The second kappa shape index (κ2) is 4.77. The molecule has 0 spiro atoms. The van der Waals surface area contributed by atoms with Gasteiger partial charge in [-0.3, -0.25) is 0 Å². The normalized spacial score (nSPS) is 12.2. The van der Waals surface area contributed by atoms with Gasteiger partial charge in [0.05, 0.1) is 12.7 Å². The molecule has 0 aliphatic carbocycles. The smallest absolute Gasteiger partial charge is 0.336 e. The minimum Gasteiger partial charge on any atom is -0.497 e. The fourth-order valence-electron chi connectivity index (χ4n) is 2.13. The molecule has 2 aromatic carbocycles. The summed E-state index contributed by atoms with van der Waals surface area (Å²) in [6.45, 7) is 0.112. The van der Waals surface area contributed by atoms with Crippen LogP contribution in [-0.4, -0.2) is 25.0 Å². The number of fused-ring (bicyclic) bond motifs is 1. The van der Waals surface area contributed by atoms with Gasteiger partial charge in [0.2, 0.25) is 6.79 Å². The van der Waals surface area contributed by atoms with Gasteiger partial charge in [-0.05, 0) is 29.8 Å². The largest absolute Gasteiger partial charge is 0.497 e. The molecule has 0 fully saturated rings. The Morgan fingerprint density at radius 3 is 2.40 bits per heavy atom. The summed E-state index contributed by atoms with van der Waals surface area (Å²) < 4.78 is 15.6. The second-order valence-corrected chi connectivity index (χ2v) is 4.28. The van der Waals surface area contributed by atoms with Crippen LogP contribution in [0, 0.1) is 0 Å². The van der Waals surface area contributed by atoms with Gasteiger partial charge < -0.3 is 19.3 Å². The maximum Gasteiger partial charge on any atom is 0.336 e. The molecule has 1 heterocycles. The molecule has 102 valence electrons. The summed E-state index contributed by atoms with van der Waals surface area (Å²) in [5.74, 6) is 0.723. The SMILES string of the molecule is COc1ccc(-c2cc3c(cc2C(=O)O)OCO3)cc1. The second-order valence-electron chi connectivity index (χ2n) is 4.28. The number of carbonyl (C=O) groups is 1. The molecule has 5 nitrogen and oxygen atoms in total. The van der Waals surface area contributed by atoms with Crippen molar-refractivity contribution in [3.05, 3.63) is 42.0 Å². The lowest BCUT2D eigenvalue weighted by atomic mass is 9.99. The van der Waals surface area contributed by atoms with Gasteiger partial charge in [-0.2, -0.15) is 0 Å². The Morgan fingerprint density at radius 1 is 1.15 bits per heavy atom. The van der Waals surface area contributed by atoms with Crippen molar-refractivity contribution < 1.29 is 24.1 Å². The van der Waals surface area contributed by atoms with Crippen LogP contribution in [0.4, 0.5) is 0 Å². The molecule has 0 saturated heterocycles. The summed E-state index contributed by atoms with van der Waals surface area (Å²) in [6, 6.07) is 10.4. The molecule has 0 saturated carbocycles. The van der Waals surface area contributed by atoms with E-state index in [9.17, 15) is 9.90 Å². The van der Waals surface area contributed by atoms with E-state index in [1.165, 1.54) is 6.07 Å². The molecule has 0 atom stereocenters. The predicted molar refractivity (Wildman–Crippen MR) is 71.5 cm³/mol. The van der Waals surface area contributed by atoms with E-state index in [4.69, 9.17) is 14.2 Å². The molecule has 2 aromatic rings. The zero-order chi connectivity index (χ0) is 14.1. The molecule has 0 unspecified atom stereocenters. The number of benzene rings is 2. The molecule has 3 rings (SSSR count). The van der Waals surface area contributed by atoms with E-state index >= 15 is 0 Å². The number of ether oxygens (including phenoxy) is 3. The molecule has 0 bridgehead atoms. The van der Waals surface area contributed by atoms with Crippen molar-refractivity contribution in [1.29, 1.82) is 0 Å². The third kappa shape index (κ3) is 2.03. The van der Waals surface area contributed by atoms with E-state index in [0.717, 1.165) is 5.56 Å². The zero-order valence-electron chi connectivity index (χ0n) is 10.8. The average molecular weight is 272 g/mol. The fourth-order valence-corrected chi connectivity index (χ4v) is 2.13. The van der Waals surface area contributed by atoms with E-state index in [1.807, 2.05) is 12.1 Å². The summed E-state index contributed by atoms with van der Waals surface area (Å²) in [6.07, 6.45) is 0. The van der Waals surface area contributed by atoms with Crippen LogP contribution < -0.4 is 14.2 Å². The molecule has 0 amide bonds. The lowest BCUT2D eigenvalue weighted by Crippen LogP contribution is -1.99. The van der Waals surface area contributed by atoms with Crippen LogP contribution in [-0.2, 0) is 0 Å². The first-order chi connectivity index (χ1) is 9.69. The number of carboxylic acids is 1. The van der Waals surface area contributed by atoms with Crippen LogP contribution in [0.25, 0.3) is 11.1 Å². The van der Waals surface area contributed by atoms with Gasteiger partial charge in [0.25, 0.3) is 0 Å². The van der Waals surface area contributed by atoms with E-state index in [-0.39, 0.29) is 12.4 Å². The molecular weight excluding hydrogens is 260 g/mol. The average Bonchev–Trinajstić information content (AvgIpc) is 2.93. The van der Waals surface area contributed by atoms with Gasteiger partial charge in [0, 0.05) is 5.56 Å². The standard InChI is InChI=1S/C15H12O5/c1-18-10-4-2-9(3-5-10)11-6-13-14(20-8-19-13)7-12(11)15(16)17/h2-7H,8H2,1H3,(H,16,17). The van der Waals surface area contributed by atoms with Crippen molar-refractivity contribution in [2.75, 3.05) is 13.9 Å². The molecule has 20 heavy (non-hydrogen) atoms. The van der Waals surface area contributed by atoms with Crippen LogP contribution in [0.2, 0.25) is 0 Å². The number of hydrogen-bond acceptors (Lipinski definition) is 4. The maximum absolute atomic E-state index is 11.4. The lowest BCUT2D eigenvalue weighted by Gasteiger charge is -2.09. The summed E-state index contributed by atoms with van der Waals surface area (Å²) in [7, 11) is 1.58. The molecule has 0 radical (unpaired) electrons. The molecule has 1 N–H and O–H groups in total. The van der Waals surface area contributed by atoms with E-state index in [1.54, 1.807) is 25.3 Å². The van der Waals surface area contributed by atoms with Crippen molar-refractivity contribution in [2.45, 2.75) is 0 Å². The van der Waals surface area contributed by atoms with Crippen LogP contribution in [0.15, 0.2) is 36.4 Å². The molecule has 1 aliphatic heterocycles. The Balaban J connectivity index is 2.13. The molecule has 5 heteroatoms. The first-order valence-corrected chi connectivity index (χ1v) is 6.00. The first-order valence-electron chi connectivity index (χ1n) is 6.00. The minimum atomic E-state index is -1.01. The Kier molecular flexibility index (Phi) is 2.95. The fraction of sp³-hybridized carbons (Fsp3) is 0.133. The van der Waals surface area contributed by atoms with E-state index < -0.39 is 5.97 Å². The summed E-state index contributed by atoms with van der Waals surface area (Å²) in [5.41, 5.74) is 1.55. The number of methoxy groups -OCH3 is 1. The van der Waals surface area contributed by atoms with Crippen LogP contribution in [0.5, 0.6) is 17.2 Å². The van der Waals surface area contributed by atoms with Gasteiger partial charge in [-0.15, -0.1) is 0 Å². The number of hydrogen-bond donors (Lipinski definition) is 1. The lowest BCUT2D eigenvalue weighted by molar-refractivity contribution is 0.0697. The number of carboxylic acid groups (broad SMARTS) is 1. The van der Waals surface area contributed by atoms with E-state index in [0.29, 0.717) is 22.8 Å². The first kappa shape index (κ1) is 12.3. The minimum absolute atomic E-state index is 0.112. The van der Waals surface area contributed by atoms with Gasteiger partial charge in [0.15, 0.2) is 11.5 Å². The Bertz CT molecular complexity index is 661. The Labute approximate surface area is 115 Å². The number of aromatic carboxylic acids is 1. The molecule has 1 aliphatic rings. The monoisotopic (exact) mass is 272 g/mol. The molecule has 0 aromatic heterocycles. The Morgan fingerprint density at radius 2 is 1.80 bits per heavy atom. The van der Waals surface area contributed by atoms with Crippen molar-refractivity contribution >= 4 is 5.97 Å². The maximum atomic E-state index is 11.4. The van der Waals surface area contributed by atoms with Crippen LogP contribution in [0.1, 0.15) is 10.4 Å². The van der Waals surface area contributed by atoms with Crippen molar-refractivity contribution in [3.8, 4) is 28.4 Å². The van der Waals surface area contributed by atoms with Gasteiger partial charge in [-0.1, -0.05) is 12.1 Å². The third-order valence-corrected chi connectivity index (χ3v) is 3.14. The van der Waals surface area contributed by atoms with Crippen LogP contribution in [0.3, 0.4) is 0 Å². The van der Waals surface area contributed by atoms with Crippen molar-refractivity contribution in [1.82, 2.24) is 0 Å². The Hall–Kier alpha value is -2.69. The topological polar surface area (TPSA) is 65.0 Å². The van der Waals surface area contributed by atoms with Crippen LogP contribution >= 0.6 is 0 Å². The molecular formula is C15H12O5. The quantitative estimate of drug-likeness (QED) is 0.930. The van der Waals surface area contributed by atoms with E-state index in [2.05, 4.69) is 0 Å². The van der Waals surface area contributed by atoms with Gasteiger partial charge >= 0.3 is 5.97 Å². The third-order valence-electron chi connectivity index (χ3n) is 3.14. The summed E-state index contributed by atoms with van der Waals surface area (Å²) in [5, 5.41) is 9.34. The van der Waals surface area contributed by atoms with Crippen molar-refractivity contribution in [3.63, 3.8) is 0 Å². The summed E-state index contributed by atoms with van der Waals surface area (Å²) in [4.78, 5) is 11.4.